The fraction of sp³-hybridized carbons (Fsp3) is 0.250. The molecule has 0 aliphatic rings. The van der Waals surface area contributed by atoms with Crippen molar-refractivity contribution in [2.75, 3.05) is 17.7 Å². The van der Waals surface area contributed by atoms with Crippen LogP contribution in [-0.4, -0.2) is 25.9 Å². The number of nitrogens with one attached hydrogen (secondary N) is 1. The molecule has 0 atom stereocenters. The Hall–Kier alpha value is -1.85. The normalized spacial score (nSPS) is 11.3. The van der Waals surface area contributed by atoms with Crippen molar-refractivity contribution in [2.24, 2.45) is 0 Å². The molecule has 0 saturated carbocycles. The second kappa shape index (κ2) is 6.74. The summed E-state index contributed by atoms with van der Waals surface area (Å²) in [4.78, 5) is 0.234. The number of hydrogen-bond donors (Lipinski definition) is 2. The SMILES string of the molecule is Cc1ccccc1CNc1ccc(S(=O)(=O)CCO)cc1. The molecule has 5 heteroatoms. The first-order valence-corrected chi connectivity index (χ1v) is 8.40. The Morgan fingerprint density at radius 1 is 1.05 bits per heavy atom. The molecule has 21 heavy (non-hydrogen) atoms. The van der Waals surface area contributed by atoms with Crippen LogP contribution >= 0.6 is 0 Å². The van der Waals surface area contributed by atoms with E-state index in [0.717, 1.165) is 5.69 Å². The van der Waals surface area contributed by atoms with Crippen molar-refractivity contribution in [2.45, 2.75) is 18.4 Å². The van der Waals surface area contributed by atoms with E-state index in [1.165, 1.54) is 11.1 Å². The molecule has 0 unspecified atom stereocenters. The third kappa shape index (κ3) is 4.06. The number of sulfone groups is 1. The van der Waals surface area contributed by atoms with Gasteiger partial charge in [0.25, 0.3) is 0 Å². The smallest absolute Gasteiger partial charge is 0.180 e. The maximum Gasteiger partial charge on any atom is 0.180 e. The van der Waals surface area contributed by atoms with E-state index < -0.39 is 9.84 Å². The number of aliphatic hydroxyl groups is 1. The molecule has 0 spiro atoms. The molecule has 4 nitrogen and oxygen atoms in total. The van der Waals surface area contributed by atoms with Gasteiger partial charge in [0, 0.05) is 12.2 Å². The van der Waals surface area contributed by atoms with E-state index >= 15 is 0 Å². The van der Waals surface area contributed by atoms with Gasteiger partial charge in [-0.05, 0) is 42.3 Å². The van der Waals surface area contributed by atoms with Crippen LogP contribution in [0.3, 0.4) is 0 Å². The summed E-state index contributed by atoms with van der Waals surface area (Å²) in [5, 5.41) is 12.0. The first kappa shape index (κ1) is 15.5. The van der Waals surface area contributed by atoms with Gasteiger partial charge in [0.2, 0.25) is 0 Å². The van der Waals surface area contributed by atoms with E-state index in [1.807, 2.05) is 12.1 Å². The zero-order valence-corrected chi connectivity index (χ0v) is 12.7. The number of aryl methyl sites for hydroxylation is 1. The number of aliphatic hydroxyl groups excluding tert-OH is 1. The Balaban J connectivity index is 2.05. The minimum atomic E-state index is -3.38. The zero-order valence-electron chi connectivity index (χ0n) is 11.9. The molecule has 0 aliphatic heterocycles. The molecule has 2 rings (SSSR count). The molecule has 0 radical (unpaired) electrons. The molecule has 0 heterocycles. The standard InChI is InChI=1S/C16H19NO3S/c1-13-4-2-3-5-14(13)12-17-15-6-8-16(9-7-15)21(19,20)11-10-18/h2-9,17-18H,10-12H2,1H3. The Kier molecular flexibility index (Phi) is 4.98. The lowest BCUT2D eigenvalue weighted by atomic mass is 10.1. The highest BCUT2D eigenvalue weighted by Crippen LogP contribution is 2.16. The van der Waals surface area contributed by atoms with Gasteiger partial charge in [0.15, 0.2) is 9.84 Å². The lowest BCUT2D eigenvalue weighted by Gasteiger charge is -2.10. The summed E-state index contributed by atoms with van der Waals surface area (Å²) in [7, 11) is -3.38. The largest absolute Gasteiger partial charge is 0.395 e. The summed E-state index contributed by atoms with van der Waals surface area (Å²) >= 11 is 0. The van der Waals surface area contributed by atoms with Crippen LogP contribution in [0.2, 0.25) is 0 Å². The second-order valence-corrected chi connectivity index (χ2v) is 6.96. The molecule has 112 valence electrons. The minimum Gasteiger partial charge on any atom is -0.395 e. The van der Waals surface area contributed by atoms with E-state index in [4.69, 9.17) is 5.11 Å². The summed E-state index contributed by atoms with van der Waals surface area (Å²) in [6.07, 6.45) is 0. The molecule has 0 aromatic heterocycles. The topological polar surface area (TPSA) is 66.4 Å². The molecule has 0 aliphatic carbocycles. The molecule has 2 aromatic carbocycles. The highest BCUT2D eigenvalue weighted by molar-refractivity contribution is 7.91. The summed E-state index contributed by atoms with van der Waals surface area (Å²) in [6.45, 7) is 2.38. The summed E-state index contributed by atoms with van der Waals surface area (Å²) in [5.74, 6) is -0.247. The van der Waals surface area contributed by atoms with Crippen LogP contribution in [-0.2, 0) is 16.4 Å². The van der Waals surface area contributed by atoms with Crippen LogP contribution < -0.4 is 5.32 Å². The average molecular weight is 305 g/mol. The van der Waals surface area contributed by atoms with Crippen molar-refractivity contribution in [1.29, 1.82) is 0 Å². The number of hydrogen-bond acceptors (Lipinski definition) is 4. The maximum atomic E-state index is 11.8. The van der Waals surface area contributed by atoms with Crippen molar-refractivity contribution in [3.63, 3.8) is 0 Å². The van der Waals surface area contributed by atoms with Gasteiger partial charge in [-0.2, -0.15) is 0 Å². The van der Waals surface area contributed by atoms with Crippen LogP contribution in [0.4, 0.5) is 5.69 Å². The van der Waals surface area contributed by atoms with Gasteiger partial charge in [-0.25, -0.2) is 8.42 Å². The van der Waals surface area contributed by atoms with Gasteiger partial charge in [0.1, 0.15) is 0 Å². The summed E-state index contributed by atoms with van der Waals surface area (Å²) in [5.41, 5.74) is 3.28. The van der Waals surface area contributed by atoms with E-state index in [0.29, 0.717) is 6.54 Å². The number of benzene rings is 2. The highest BCUT2D eigenvalue weighted by atomic mass is 32.2. The molecule has 0 amide bonds. The molecule has 0 bridgehead atoms. The van der Waals surface area contributed by atoms with Gasteiger partial charge < -0.3 is 10.4 Å². The lowest BCUT2D eigenvalue weighted by Crippen LogP contribution is -2.10. The second-order valence-electron chi connectivity index (χ2n) is 4.85. The Morgan fingerprint density at radius 2 is 1.71 bits per heavy atom. The fourth-order valence-electron chi connectivity index (χ4n) is 2.02. The van der Waals surface area contributed by atoms with Crippen molar-refractivity contribution >= 4 is 15.5 Å². The van der Waals surface area contributed by atoms with Crippen LogP contribution in [0.1, 0.15) is 11.1 Å². The summed E-state index contributed by atoms with van der Waals surface area (Å²) < 4.78 is 23.6. The third-order valence-corrected chi connectivity index (χ3v) is 5.03. The van der Waals surface area contributed by atoms with Crippen LogP contribution in [0.25, 0.3) is 0 Å². The first-order valence-electron chi connectivity index (χ1n) is 6.75. The van der Waals surface area contributed by atoms with Gasteiger partial charge >= 0.3 is 0 Å². The molecular formula is C16H19NO3S. The van der Waals surface area contributed by atoms with Crippen molar-refractivity contribution in [3.05, 3.63) is 59.7 Å². The maximum absolute atomic E-state index is 11.8. The van der Waals surface area contributed by atoms with E-state index in [2.05, 4.69) is 24.4 Å². The Bertz CT molecular complexity index is 694. The Morgan fingerprint density at radius 3 is 2.33 bits per heavy atom. The molecule has 2 aromatic rings. The van der Waals surface area contributed by atoms with Crippen molar-refractivity contribution in [3.8, 4) is 0 Å². The van der Waals surface area contributed by atoms with E-state index in [9.17, 15) is 8.42 Å². The van der Waals surface area contributed by atoms with Crippen LogP contribution in [0.15, 0.2) is 53.4 Å². The molecule has 2 N–H and O–H groups in total. The average Bonchev–Trinajstić information content (AvgIpc) is 2.47. The molecular weight excluding hydrogens is 286 g/mol. The fourth-order valence-corrected chi connectivity index (χ4v) is 3.05. The quantitative estimate of drug-likeness (QED) is 0.860. The predicted molar refractivity (Wildman–Crippen MR) is 84.1 cm³/mol. The van der Waals surface area contributed by atoms with E-state index in [1.54, 1.807) is 24.3 Å². The van der Waals surface area contributed by atoms with Gasteiger partial charge in [-0.15, -0.1) is 0 Å². The lowest BCUT2D eigenvalue weighted by molar-refractivity contribution is 0.319. The summed E-state index contributed by atoms with van der Waals surface area (Å²) in [6, 6.07) is 14.7. The minimum absolute atomic E-state index is 0.234. The number of rotatable bonds is 6. The monoisotopic (exact) mass is 305 g/mol. The molecule has 0 fully saturated rings. The van der Waals surface area contributed by atoms with Crippen LogP contribution in [0, 0.1) is 6.92 Å². The van der Waals surface area contributed by atoms with Crippen LogP contribution in [0.5, 0.6) is 0 Å². The Labute approximate surface area is 125 Å². The highest BCUT2D eigenvalue weighted by Gasteiger charge is 2.12. The molecule has 0 saturated heterocycles. The van der Waals surface area contributed by atoms with E-state index in [-0.39, 0.29) is 17.3 Å². The number of anilines is 1. The first-order chi connectivity index (χ1) is 10.0. The zero-order chi connectivity index (χ0) is 15.3. The van der Waals surface area contributed by atoms with Gasteiger partial charge in [0.05, 0.1) is 17.3 Å². The van der Waals surface area contributed by atoms with Crippen molar-refractivity contribution < 1.29 is 13.5 Å². The van der Waals surface area contributed by atoms with Crippen molar-refractivity contribution in [1.82, 2.24) is 0 Å². The van der Waals surface area contributed by atoms with Gasteiger partial charge in [-0.3, -0.25) is 0 Å². The third-order valence-electron chi connectivity index (χ3n) is 3.32. The predicted octanol–water partition coefficient (Wildman–Crippen LogP) is 2.37. The van der Waals surface area contributed by atoms with Gasteiger partial charge in [-0.1, -0.05) is 24.3 Å².